The number of aromatic nitrogens is 3. The topological polar surface area (TPSA) is 85.8 Å². The maximum Gasteiger partial charge on any atom is 0.247 e. The Kier molecular flexibility index (Phi) is 4.04. The van der Waals surface area contributed by atoms with Crippen molar-refractivity contribution in [1.29, 1.82) is 0 Å². The molecule has 0 aliphatic rings. The standard InChI is InChI=1S/C14H21N5OS/c1-8-12(15)9(2)19(18-8)6-11(20)17-13-16-10(7-21-13)14(3,4)5/h7H,6,15H2,1-5H3,(H,16,17,20). The third-order valence-electron chi connectivity index (χ3n) is 3.25. The Balaban J connectivity index is 2.05. The van der Waals surface area contributed by atoms with Crippen molar-refractivity contribution < 1.29 is 4.79 Å². The number of carbonyl (C=O) groups excluding carboxylic acids is 1. The minimum absolute atomic E-state index is 0.0242. The van der Waals surface area contributed by atoms with Gasteiger partial charge in [0, 0.05) is 10.8 Å². The molecule has 0 fully saturated rings. The van der Waals surface area contributed by atoms with Crippen LogP contribution in [0.2, 0.25) is 0 Å². The highest BCUT2D eigenvalue weighted by atomic mass is 32.1. The summed E-state index contributed by atoms with van der Waals surface area (Å²) >= 11 is 1.43. The van der Waals surface area contributed by atoms with Gasteiger partial charge in [-0.25, -0.2) is 4.98 Å². The molecule has 0 spiro atoms. The van der Waals surface area contributed by atoms with Crippen molar-refractivity contribution >= 4 is 28.1 Å². The monoisotopic (exact) mass is 307 g/mol. The van der Waals surface area contributed by atoms with Crippen LogP contribution in [0, 0.1) is 13.8 Å². The minimum Gasteiger partial charge on any atom is -0.396 e. The molecule has 21 heavy (non-hydrogen) atoms. The number of carbonyl (C=O) groups is 1. The summed E-state index contributed by atoms with van der Waals surface area (Å²) in [6.45, 7) is 10.1. The first-order valence-electron chi connectivity index (χ1n) is 6.74. The molecule has 7 heteroatoms. The molecule has 0 saturated carbocycles. The molecule has 0 aliphatic carbocycles. The van der Waals surface area contributed by atoms with E-state index in [2.05, 4.69) is 36.2 Å². The Labute approximate surface area is 128 Å². The van der Waals surface area contributed by atoms with Gasteiger partial charge in [-0.1, -0.05) is 20.8 Å². The molecule has 2 aromatic heterocycles. The Morgan fingerprint density at radius 3 is 2.57 bits per heavy atom. The Bertz CT molecular complexity index is 665. The molecule has 1 amide bonds. The number of aryl methyl sites for hydroxylation is 1. The molecule has 0 aliphatic heterocycles. The fourth-order valence-corrected chi connectivity index (χ4v) is 2.79. The van der Waals surface area contributed by atoms with Crippen molar-refractivity contribution in [2.75, 3.05) is 11.1 Å². The molecular formula is C14H21N5OS. The first-order chi connectivity index (χ1) is 9.68. The number of thiazole rings is 1. The highest BCUT2D eigenvalue weighted by Gasteiger charge is 2.18. The minimum atomic E-state index is -0.157. The molecule has 114 valence electrons. The molecule has 0 atom stereocenters. The maximum atomic E-state index is 12.1. The number of anilines is 2. The highest BCUT2D eigenvalue weighted by molar-refractivity contribution is 7.13. The van der Waals surface area contributed by atoms with Gasteiger partial charge in [0.25, 0.3) is 0 Å². The molecule has 0 bridgehead atoms. The summed E-state index contributed by atoms with van der Waals surface area (Å²) in [5.41, 5.74) is 8.98. The van der Waals surface area contributed by atoms with Crippen LogP contribution in [0.15, 0.2) is 5.38 Å². The first-order valence-corrected chi connectivity index (χ1v) is 7.62. The van der Waals surface area contributed by atoms with Gasteiger partial charge in [-0.2, -0.15) is 5.10 Å². The zero-order valence-electron chi connectivity index (χ0n) is 13.0. The van der Waals surface area contributed by atoms with Gasteiger partial charge in [-0.15, -0.1) is 11.3 Å². The molecule has 2 heterocycles. The number of rotatable bonds is 3. The smallest absolute Gasteiger partial charge is 0.247 e. The van der Waals surface area contributed by atoms with E-state index in [0.29, 0.717) is 10.8 Å². The number of nitrogens with zero attached hydrogens (tertiary/aromatic N) is 3. The van der Waals surface area contributed by atoms with Gasteiger partial charge in [-0.3, -0.25) is 9.48 Å². The van der Waals surface area contributed by atoms with E-state index in [1.807, 2.05) is 19.2 Å². The number of nitrogen functional groups attached to an aromatic ring is 1. The van der Waals surface area contributed by atoms with Gasteiger partial charge >= 0.3 is 0 Å². The van der Waals surface area contributed by atoms with Crippen LogP contribution in [-0.2, 0) is 16.8 Å². The zero-order valence-corrected chi connectivity index (χ0v) is 13.8. The second-order valence-corrected chi connectivity index (χ2v) is 6.94. The fraction of sp³-hybridized carbons (Fsp3) is 0.500. The number of hydrogen-bond acceptors (Lipinski definition) is 5. The van der Waals surface area contributed by atoms with E-state index >= 15 is 0 Å². The normalized spacial score (nSPS) is 11.7. The largest absolute Gasteiger partial charge is 0.396 e. The van der Waals surface area contributed by atoms with Crippen LogP contribution in [-0.4, -0.2) is 20.7 Å². The summed E-state index contributed by atoms with van der Waals surface area (Å²) in [7, 11) is 0. The Morgan fingerprint density at radius 2 is 2.10 bits per heavy atom. The van der Waals surface area contributed by atoms with Gasteiger partial charge in [0.2, 0.25) is 5.91 Å². The van der Waals surface area contributed by atoms with Crippen molar-refractivity contribution in [2.45, 2.75) is 46.6 Å². The van der Waals surface area contributed by atoms with Crippen LogP contribution in [0.3, 0.4) is 0 Å². The lowest BCUT2D eigenvalue weighted by molar-refractivity contribution is -0.116. The molecule has 3 N–H and O–H groups in total. The number of amides is 1. The van der Waals surface area contributed by atoms with E-state index in [4.69, 9.17) is 5.73 Å². The molecule has 2 rings (SSSR count). The average molecular weight is 307 g/mol. The fourth-order valence-electron chi connectivity index (χ4n) is 1.84. The number of nitrogens with one attached hydrogen (secondary N) is 1. The third kappa shape index (κ3) is 3.41. The van der Waals surface area contributed by atoms with E-state index in [1.165, 1.54) is 11.3 Å². The predicted molar refractivity (Wildman–Crippen MR) is 85.6 cm³/mol. The molecule has 2 aromatic rings. The van der Waals surface area contributed by atoms with Crippen LogP contribution in [0.25, 0.3) is 0 Å². The molecule has 0 aromatic carbocycles. The molecular weight excluding hydrogens is 286 g/mol. The van der Waals surface area contributed by atoms with Crippen molar-refractivity contribution in [3.8, 4) is 0 Å². The number of hydrogen-bond donors (Lipinski definition) is 2. The summed E-state index contributed by atoms with van der Waals surface area (Å²) in [6.07, 6.45) is 0. The summed E-state index contributed by atoms with van der Waals surface area (Å²) in [5.74, 6) is -0.157. The third-order valence-corrected chi connectivity index (χ3v) is 4.01. The molecule has 6 nitrogen and oxygen atoms in total. The van der Waals surface area contributed by atoms with E-state index in [9.17, 15) is 4.79 Å². The lowest BCUT2D eigenvalue weighted by Crippen LogP contribution is -2.20. The Hall–Kier alpha value is -1.89. The van der Waals surface area contributed by atoms with Crippen molar-refractivity contribution in [1.82, 2.24) is 14.8 Å². The Morgan fingerprint density at radius 1 is 1.43 bits per heavy atom. The van der Waals surface area contributed by atoms with Crippen LogP contribution >= 0.6 is 11.3 Å². The lowest BCUT2D eigenvalue weighted by atomic mass is 9.93. The van der Waals surface area contributed by atoms with Gasteiger partial charge in [0.05, 0.1) is 22.8 Å². The summed E-state index contributed by atoms with van der Waals surface area (Å²) in [5, 5.41) is 9.64. The number of nitrogens with two attached hydrogens (primary N) is 1. The van der Waals surface area contributed by atoms with Crippen molar-refractivity contribution in [3.63, 3.8) is 0 Å². The maximum absolute atomic E-state index is 12.1. The summed E-state index contributed by atoms with van der Waals surface area (Å²) in [4.78, 5) is 16.5. The van der Waals surface area contributed by atoms with Crippen LogP contribution in [0.1, 0.15) is 37.9 Å². The quantitative estimate of drug-likeness (QED) is 0.912. The second-order valence-electron chi connectivity index (χ2n) is 6.08. The highest BCUT2D eigenvalue weighted by Crippen LogP contribution is 2.26. The van der Waals surface area contributed by atoms with Gasteiger partial charge in [-0.05, 0) is 13.8 Å². The summed E-state index contributed by atoms with van der Waals surface area (Å²) in [6, 6.07) is 0. The molecule has 0 unspecified atom stereocenters. The second kappa shape index (κ2) is 5.48. The lowest BCUT2D eigenvalue weighted by Gasteiger charge is -2.14. The van der Waals surface area contributed by atoms with Crippen molar-refractivity contribution in [2.24, 2.45) is 0 Å². The van der Waals surface area contributed by atoms with Gasteiger partial charge in [0.15, 0.2) is 5.13 Å². The van der Waals surface area contributed by atoms with Gasteiger partial charge < -0.3 is 11.1 Å². The van der Waals surface area contributed by atoms with E-state index in [0.717, 1.165) is 17.1 Å². The first kappa shape index (κ1) is 15.5. The van der Waals surface area contributed by atoms with E-state index in [1.54, 1.807) is 4.68 Å². The van der Waals surface area contributed by atoms with Crippen LogP contribution < -0.4 is 11.1 Å². The van der Waals surface area contributed by atoms with E-state index in [-0.39, 0.29) is 17.9 Å². The molecule has 0 saturated heterocycles. The van der Waals surface area contributed by atoms with E-state index < -0.39 is 0 Å². The SMILES string of the molecule is Cc1nn(CC(=O)Nc2nc(C(C)(C)C)cs2)c(C)c1N. The zero-order chi connectivity index (χ0) is 15.8. The van der Waals surface area contributed by atoms with Gasteiger partial charge in [0.1, 0.15) is 6.54 Å². The van der Waals surface area contributed by atoms with Crippen LogP contribution in [0.5, 0.6) is 0 Å². The van der Waals surface area contributed by atoms with Crippen LogP contribution in [0.4, 0.5) is 10.8 Å². The molecule has 0 radical (unpaired) electrons. The van der Waals surface area contributed by atoms with Crippen molar-refractivity contribution in [3.05, 3.63) is 22.5 Å². The predicted octanol–water partition coefficient (Wildman–Crippen LogP) is 2.47. The average Bonchev–Trinajstić information content (AvgIpc) is 2.91. The summed E-state index contributed by atoms with van der Waals surface area (Å²) < 4.78 is 1.61.